The molecule has 0 fully saturated rings. The van der Waals surface area contributed by atoms with Crippen molar-refractivity contribution >= 4 is 11.4 Å². The average Bonchev–Trinajstić information content (AvgIpc) is 3.07. The minimum atomic E-state index is -0.797. The molecule has 2 aliphatic rings. The van der Waals surface area contributed by atoms with E-state index in [1.807, 2.05) is 54.9 Å². The molecule has 42 heavy (non-hydrogen) atoms. The van der Waals surface area contributed by atoms with Crippen LogP contribution in [0, 0.1) is 0 Å². The monoisotopic (exact) mass is 542 g/mol. The molecular weight excluding hydrogens is 516 g/mol. The first-order chi connectivity index (χ1) is 20.8. The van der Waals surface area contributed by atoms with E-state index in [9.17, 15) is 0 Å². The quantitative estimate of drug-likeness (QED) is 0.245. The molecule has 6 aromatic rings. The molecule has 1 unspecified atom stereocenters. The van der Waals surface area contributed by atoms with E-state index in [-0.39, 0.29) is 6.17 Å². The first kappa shape index (κ1) is 24.3. The van der Waals surface area contributed by atoms with Crippen molar-refractivity contribution in [3.05, 3.63) is 185 Å². The number of rotatable bonds is 4. The van der Waals surface area contributed by atoms with Crippen molar-refractivity contribution in [3.63, 3.8) is 0 Å². The molecule has 5 heteroatoms. The SMILES string of the molecule is c1ccc(C2N=C(c3ccc4c(c3)C(c3ccccn3)(c3ccccn3)c3ccccc3O4)c3ccccc3N2)cc1. The highest BCUT2D eigenvalue weighted by Gasteiger charge is 2.47. The highest BCUT2D eigenvalue weighted by Crippen LogP contribution is 2.54. The zero-order valence-electron chi connectivity index (χ0n) is 22.7. The maximum absolute atomic E-state index is 6.57. The molecule has 2 aromatic heterocycles. The van der Waals surface area contributed by atoms with Gasteiger partial charge in [0.1, 0.15) is 23.1 Å². The predicted molar refractivity (Wildman–Crippen MR) is 165 cm³/mol. The van der Waals surface area contributed by atoms with Gasteiger partial charge in [0.05, 0.1) is 17.1 Å². The van der Waals surface area contributed by atoms with Crippen molar-refractivity contribution in [3.8, 4) is 11.5 Å². The van der Waals surface area contributed by atoms with Crippen molar-refractivity contribution in [2.75, 3.05) is 5.32 Å². The summed E-state index contributed by atoms with van der Waals surface area (Å²) in [5.74, 6) is 1.57. The van der Waals surface area contributed by atoms with E-state index in [0.717, 1.165) is 62.1 Å². The van der Waals surface area contributed by atoms with Crippen LogP contribution < -0.4 is 10.1 Å². The van der Waals surface area contributed by atoms with Crippen molar-refractivity contribution in [2.45, 2.75) is 11.6 Å². The van der Waals surface area contributed by atoms with Crippen molar-refractivity contribution < 1.29 is 4.74 Å². The normalized spacial score (nSPS) is 16.1. The Bertz CT molecular complexity index is 1900. The third-order valence-corrected chi connectivity index (χ3v) is 8.11. The molecule has 0 radical (unpaired) electrons. The van der Waals surface area contributed by atoms with Gasteiger partial charge >= 0.3 is 0 Å². The molecule has 0 amide bonds. The number of hydrogen-bond acceptors (Lipinski definition) is 5. The average molecular weight is 543 g/mol. The van der Waals surface area contributed by atoms with E-state index in [1.54, 1.807) is 0 Å². The van der Waals surface area contributed by atoms with E-state index in [1.165, 1.54) is 0 Å². The maximum Gasteiger partial charge on any atom is 0.145 e. The molecule has 4 aromatic carbocycles. The number of nitrogens with zero attached hydrogens (tertiary/aromatic N) is 3. The Morgan fingerprint density at radius 3 is 2.02 bits per heavy atom. The number of aromatic nitrogens is 2. The van der Waals surface area contributed by atoms with Crippen LogP contribution in [0.3, 0.4) is 0 Å². The van der Waals surface area contributed by atoms with Gasteiger partial charge in [-0.2, -0.15) is 0 Å². The molecule has 2 aliphatic heterocycles. The zero-order chi connectivity index (χ0) is 27.9. The number of hydrogen-bond donors (Lipinski definition) is 1. The largest absolute Gasteiger partial charge is 0.457 e. The van der Waals surface area contributed by atoms with Gasteiger partial charge in [-0.15, -0.1) is 0 Å². The number of nitrogens with one attached hydrogen (secondary N) is 1. The molecule has 200 valence electrons. The number of fused-ring (bicyclic) bond motifs is 3. The first-order valence-electron chi connectivity index (χ1n) is 14.1. The maximum atomic E-state index is 6.57. The lowest BCUT2D eigenvalue weighted by atomic mass is 9.67. The fourth-order valence-corrected chi connectivity index (χ4v) is 6.26. The number of anilines is 1. The van der Waals surface area contributed by atoms with Crippen LogP contribution >= 0.6 is 0 Å². The van der Waals surface area contributed by atoms with E-state index in [4.69, 9.17) is 19.7 Å². The highest BCUT2D eigenvalue weighted by atomic mass is 16.5. The fraction of sp³-hybridized carbons (Fsp3) is 0.0541. The smallest absolute Gasteiger partial charge is 0.145 e. The second-order valence-electron chi connectivity index (χ2n) is 10.5. The van der Waals surface area contributed by atoms with Gasteiger partial charge in [-0.25, -0.2) is 0 Å². The third kappa shape index (κ3) is 3.75. The Kier molecular flexibility index (Phi) is 5.67. The summed E-state index contributed by atoms with van der Waals surface area (Å²) in [4.78, 5) is 15.2. The van der Waals surface area contributed by atoms with E-state index < -0.39 is 5.41 Å². The lowest BCUT2D eigenvalue weighted by molar-refractivity contribution is 0.430. The summed E-state index contributed by atoms with van der Waals surface area (Å²) in [5, 5.41) is 3.62. The van der Waals surface area contributed by atoms with Crippen molar-refractivity contribution in [2.24, 2.45) is 4.99 Å². The Balaban J connectivity index is 1.41. The second kappa shape index (κ2) is 9.82. The number of aliphatic imine (C=N–C) groups is 1. The summed E-state index contributed by atoms with van der Waals surface area (Å²) in [5.41, 5.74) is 8.09. The minimum absolute atomic E-state index is 0.208. The molecule has 1 N–H and O–H groups in total. The molecule has 8 rings (SSSR count). The van der Waals surface area contributed by atoms with Gasteiger partial charge in [-0.3, -0.25) is 15.0 Å². The number of pyridine rings is 2. The Morgan fingerprint density at radius 1 is 0.595 bits per heavy atom. The van der Waals surface area contributed by atoms with Crippen LogP contribution in [0.25, 0.3) is 0 Å². The fourth-order valence-electron chi connectivity index (χ4n) is 6.26. The number of ether oxygens (including phenoxy) is 1. The first-order valence-corrected chi connectivity index (χ1v) is 14.1. The zero-order valence-corrected chi connectivity index (χ0v) is 22.7. The summed E-state index contributed by atoms with van der Waals surface area (Å²) in [6.45, 7) is 0. The Labute approximate surface area is 244 Å². The summed E-state index contributed by atoms with van der Waals surface area (Å²) in [6.07, 6.45) is 3.48. The second-order valence-corrected chi connectivity index (χ2v) is 10.5. The Morgan fingerprint density at radius 2 is 1.26 bits per heavy atom. The summed E-state index contributed by atoms with van der Waals surface area (Å²) in [6, 6.07) is 45.4. The molecule has 0 aliphatic carbocycles. The van der Waals surface area contributed by atoms with Gasteiger partial charge in [0, 0.05) is 40.3 Å². The van der Waals surface area contributed by atoms with E-state index in [0.29, 0.717) is 0 Å². The lowest BCUT2D eigenvalue weighted by Crippen LogP contribution is -2.36. The molecule has 0 saturated heterocycles. The van der Waals surface area contributed by atoms with Crippen LogP contribution in [0.4, 0.5) is 5.69 Å². The molecule has 0 spiro atoms. The molecule has 0 saturated carbocycles. The summed E-state index contributed by atoms with van der Waals surface area (Å²) >= 11 is 0. The van der Waals surface area contributed by atoms with Crippen molar-refractivity contribution in [1.82, 2.24) is 9.97 Å². The molecule has 0 bridgehead atoms. The van der Waals surface area contributed by atoms with Crippen LogP contribution in [0.2, 0.25) is 0 Å². The highest BCUT2D eigenvalue weighted by molar-refractivity contribution is 6.17. The van der Waals surface area contributed by atoms with Gasteiger partial charge in [0.25, 0.3) is 0 Å². The Hall–Kier alpha value is -5.55. The number of para-hydroxylation sites is 2. The van der Waals surface area contributed by atoms with Crippen LogP contribution in [-0.2, 0) is 5.41 Å². The molecular formula is C37H26N4O. The third-order valence-electron chi connectivity index (χ3n) is 8.11. The summed E-state index contributed by atoms with van der Waals surface area (Å²) < 4.78 is 6.57. The van der Waals surface area contributed by atoms with Crippen LogP contribution in [0.15, 0.2) is 151 Å². The standard InChI is InChI=1S/C37H26N4O/c1-2-12-25(13-3-1)36-40-30-16-6-4-14-27(30)35(41-36)26-20-21-32-29(24-26)37(33-18-8-10-22-38-33,34-19-9-11-23-39-34)28-15-5-7-17-31(28)42-32/h1-24,36,40H. The van der Waals surface area contributed by atoms with Gasteiger partial charge in [0.2, 0.25) is 0 Å². The van der Waals surface area contributed by atoms with Crippen LogP contribution in [-0.4, -0.2) is 15.7 Å². The number of benzene rings is 4. The van der Waals surface area contributed by atoms with Gasteiger partial charge in [-0.1, -0.05) is 78.9 Å². The molecule has 4 heterocycles. The molecule has 1 atom stereocenters. The van der Waals surface area contributed by atoms with Crippen LogP contribution in [0.5, 0.6) is 11.5 Å². The topological polar surface area (TPSA) is 59.4 Å². The molecule has 5 nitrogen and oxygen atoms in total. The van der Waals surface area contributed by atoms with Gasteiger partial charge in [-0.05, 0) is 60.2 Å². The van der Waals surface area contributed by atoms with Crippen LogP contribution in [0.1, 0.15) is 45.4 Å². The van der Waals surface area contributed by atoms with Gasteiger partial charge < -0.3 is 10.1 Å². The predicted octanol–water partition coefficient (Wildman–Crippen LogP) is 7.93. The van der Waals surface area contributed by atoms with E-state index in [2.05, 4.69) is 96.3 Å². The minimum Gasteiger partial charge on any atom is -0.457 e. The van der Waals surface area contributed by atoms with E-state index >= 15 is 0 Å². The van der Waals surface area contributed by atoms with Crippen molar-refractivity contribution in [1.29, 1.82) is 0 Å². The summed E-state index contributed by atoms with van der Waals surface area (Å²) in [7, 11) is 0. The lowest BCUT2D eigenvalue weighted by Gasteiger charge is -2.40. The van der Waals surface area contributed by atoms with Gasteiger partial charge in [0.15, 0.2) is 0 Å².